The predicted octanol–water partition coefficient (Wildman–Crippen LogP) is 4.13. The Kier molecular flexibility index (Phi) is 5.73. The van der Waals surface area contributed by atoms with Gasteiger partial charge in [-0.25, -0.2) is 0 Å². The molecule has 2 aromatic rings. The van der Waals surface area contributed by atoms with Crippen molar-refractivity contribution in [1.29, 1.82) is 0 Å². The Hall–Kier alpha value is -0.970. The average molecular weight is 366 g/mol. The Labute approximate surface area is 137 Å². The van der Waals surface area contributed by atoms with Gasteiger partial charge in [0, 0.05) is 16.3 Å². The van der Waals surface area contributed by atoms with Gasteiger partial charge in [-0.2, -0.15) is 0 Å². The van der Waals surface area contributed by atoms with Crippen molar-refractivity contribution in [2.24, 2.45) is 0 Å². The Bertz CT molecular complexity index is 637. The highest BCUT2D eigenvalue weighted by atomic mass is 79.9. The molecule has 1 N–H and O–H groups in total. The zero-order valence-corrected chi connectivity index (χ0v) is 14.9. The summed E-state index contributed by atoms with van der Waals surface area (Å²) in [5, 5.41) is 3.28. The lowest BCUT2D eigenvalue weighted by Crippen LogP contribution is -2.23. The minimum absolute atomic E-state index is 0.0801. The van der Waals surface area contributed by atoms with Crippen LogP contribution in [0.4, 0.5) is 0 Å². The molecule has 2 atom stereocenters. The van der Waals surface area contributed by atoms with E-state index in [0.717, 1.165) is 9.37 Å². The maximum absolute atomic E-state index is 12.6. The van der Waals surface area contributed by atoms with E-state index < -0.39 is 10.8 Å². The molecule has 4 heteroatoms. The first-order chi connectivity index (χ1) is 10.0. The lowest BCUT2D eigenvalue weighted by molar-refractivity contribution is 0.635. The van der Waals surface area contributed by atoms with Gasteiger partial charge in [0.05, 0.1) is 15.7 Å². The largest absolute Gasteiger partial charge is 0.312 e. The summed E-state index contributed by atoms with van der Waals surface area (Å²) < 4.78 is 13.5. The van der Waals surface area contributed by atoms with Crippen LogP contribution in [0.15, 0.2) is 51.8 Å². The standard InChI is InChI=1S/C17H20BrNOS/c1-12-8-13(2)10-14(9-12)16(19-3)11-21(20)17-7-5-4-6-15(17)18/h4-10,16,19H,11H2,1-3H3. The molecule has 0 saturated heterocycles. The maximum atomic E-state index is 12.6. The molecule has 0 aromatic heterocycles. The fourth-order valence-electron chi connectivity index (χ4n) is 2.43. The summed E-state index contributed by atoms with van der Waals surface area (Å²) in [5.41, 5.74) is 3.66. The molecule has 2 nitrogen and oxygen atoms in total. The molecule has 0 aliphatic rings. The minimum Gasteiger partial charge on any atom is -0.312 e. The zero-order chi connectivity index (χ0) is 15.4. The second-order valence-corrected chi connectivity index (χ2v) is 7.52. The summed E-state index contributed by atoms with van der Waals surface area (Å²) in [4.78, 5) is 0.849. The van der Waals surface area contributed by atoms with Crippen molar-refractivity contribution in [2.45, 2.75) is 24.8 Å². The van der Waals surface area contributed by atoms with Gasteiger partial charge in [0.1, 0.15) is 0 Å². The van der Waals surface area contributed by atoms with Crippen molar-refractivity contribution in [3.63, 3.8) is 0 Å². The topological polar surface area (TPSA) is 29.1 Å². The molecule has 0 bridgehead atoms. The van der Waals surface area contributed by atoms with Crippen molar-refractivity contribution >= 4 is 26.7 Å². The Morgan fingerprint density at radius 2 is 1.76 bits per heavy atom. The van der Waals surface area contributed by atoms with E-state index in [-0.39, 0.29) is 6.04 Å². The number of rotatable bonds is 5. The van der Waals surface area contributed by atoms with Crippen LogP contribution in [0.1, 0.15) is 22.7 Å². The third-order valence-corrected chi connectivity index (χ3v) is 5.83. The summed E-state index contributed by atoms with van der Waals surface area (Å²) in [6.07, 6.45) is 0. The van der Waals surface area contributed by atoms with Gasteiger partial charge in [-0.1, -0.05) is 41.5 Å². The molecule has 2 rings (SSSR count). The molecule has 0 saturated carbocycles. The van der Waals surface area contributed by atoms with Gasteiger partial charge in [-0.3, -0.25) is 4.21 Å². The van der Waals surface area contributed by atoms with Crippen LogP contribution in [0.3, 0.4) is 0 Å². The molecular weight excluding hydrogens is 346 g/mol. The van der Waals surface area contributed by atoms with Crippen LogP contribution < -0.4 is 5.32 Å². The van der Waals surface area contributed by atoms with E-state index >= 15 is 0 Å². The molecule has 0 amide bonds. The average Bonchev–Trinajstić information content (AvgIpc) is 2.43. The fraction of sp³-hybridized carbons (Fsp3) is 0.294. The van der Waals surface area contributed by atoms with Crippen LogP contribution in [0.25, 0.3) is 0 Å². The number of hydrogen-bond donors (Lipinski definition) is 1. The summed E-state index contributed by atoms with van der Waals surface area (Å²) in [6.45, 7) is 4.18. The predicted molar refractivity (Wildman–Crippen MR) is 93.1 cm³/mol. The van der Waals surface area contributed by atoms with Crippen molar-refractivity contribution in [2.75, 3.05) is 12.8 Å². The van der Waals surface area contributed by atoms with Crippen LogP contribution in [0, 0.1) is 13.8 Å². The van der Waals surface area contributed by atoms with E-state index in [1.807, 2.05) is 31.3 Å². The molecule has 0 aliphatic heterocycles. The highest BCUT2D eigenvalue weighted by molar-refractivity contribution is 9.10. The van der Waals surface area contributed by atoms with Crippen LogP contribution >= 0.6 is 15.9 Å². The number of aryl methyl sites for hydroxylation is 2. The molecular formula is C17H20BrNOS. The maximum Gasteiger partial charge on any atom is 0.0560 e. The highest BCUT2D eigenvalue weighted by Gasteiger charge is 2.16. The normalized spacial score (nSPS) is 13.9. The van der Waals surface area contributed by atoms with E-state index in [1.165, 1.54) is 16.7 Å². The van der Waals surface area contributed by atoms with Crippen LogP contribution in [-0.2, 0) is 10.8 Å². The summed E-state index contributed by atoms with van der Waals surface area (Å²) >= 11 is 3.47. The number of halogens is 1. The summed E-state index contributed by atoms with van der Waals surface area (Å²) in [7, 11) is 0.868. The fourth-order valence-corrected chi connectivity index (χ4v) is 4.61. The Balaban J connectivity index is 2.23. The quantitative estimate of drug-likeness (QED) is 0.862. The SMILES string of the molecule is CNC(CS(=O)c1ccccc1Br)c1cc(C)cc(C)c1. The van der Waals surface area contributed by atoms with E-state index in [2.05, 4.69) is 53.3 Å². The first-order valence-electron chi connectivity index (χ1n) is 6.89. The van der Waals surface area contributed by atoms with Gasteiger partial charge >= 0.3 is 0 Å². The van der Waals surface area contributed by atoms with Crippen molar-refractivity contribution in [3.05, 3.63) is 63.6 Å². The third kappa shape index (κ3) is 4.25. The van der Waals surface area contributed by atoms with Crippen molar-refractivity contribution in [1.82, 2.24) is 5.32 Å². The highest BCUT2D eigenvalue weighted by Crippen LogP contribution is 2.24. The van der Waals surface area contributed by atoms with Gasteiger partial charge in [0.25, 0.3) is 0 Å². The van der Waals surface area contributed by atoms with E-state index in [0.29, 0.717) is 5.75 Å². The second kappa shape index (κ2) is 7.34. The van der Waals surface area contributed by atoms with E-state index in [4.69, 9.17) is 0 Å². The molecule has 2 unspecified atom stereocenters. The molecule has 0 heterocycles. The minimum atomic E-state index is -1.05. The van der Waals surface area contributed by atoms with Crippen LogP contribution in [-0.4, -0.2) is 17.0 Å². The molecule has 112 valence electrons. The molecule has 0 fully saturated rings. The zero-order valence-electron chi connectivity index (χ0n) is 12.5. The lowest BCUT2D eigenvalue weighted by atomic mass is 10.0. The molecule has 21 heavy (non-hydrogen) atoms. The number of benzene rings is 2. The number of nitrogens with one attached hydrogen (secondary N) is 1. The smallest absolute Gasteiger partial charge is 0.0560 e. The van der Waals surface area contributed by atoms with Crippen molar-refractivity contribution in [3.8, 4) is 0 Å². The molecule has 2 aromatic carbocycles. The second-order valence-electron chi connectivity index (χ2n) is 5.20. The van der Waals surface area contributed by atoms with Crippen LogP contribution in [0.5, 0.6) is 0 Å². The Morgan fingerprint density at radius 1 is 1.14 bits per heavy atom. The van der Waals surface area contributed by atoms with Gasteiger partial charge < -0.3 is 5.32 Å². The Morgan fingerprint density at radius 3 is 2.33 bits per heavy atom. The molecule has 0 spiro atoms. The van der Waals surface area contributed by atoms with Crippen LogP contribution in [0.2, 0.25) is 0 Å². The van der Waals surface area contributed by atoms with E-state index in [1.54, 1.807) is 0 Å². The molecule has 0 radical (unpaired) electrons. The van der Waals surface area contributed by atoms with E-state index in [9.17, 15) is 4.21 Å². The van der Waals surface area contributed by atoms with Gasteiger partial charge in [0.2, 0.25) is 0 Å². The number of hydrogen-bond acceptors (Lipinski definition) is 2. The van der Waals surface area contributed by atoms with Gasteiger partial charge in [0.15, 0.2) is 0 Å². The van der Waals surface area contributed by atoms with Gasteiger partial charge in [-0.05, 0) is 54.5 Å². The van der Waals surface area contributed by atoms with Crippen molar-refractivity contribution < 1.29 is 4.21 Å². The first-order valence-corrected chi connectivity index (χ1v) is 9.01. The monoisotopic (exact) mass is 365 g/mol. The lowest BCUT2D eigenvalue weighted by Gasteiger charge is -2.18. The van der Waals surface area contributed by atoms with Gasteiger partial charge in [-0.15, -0.1) is 0 Å². The molecule has 0 aliphatic carbocycles. The summed E-state index contributed by atoms with van der Waals surface area (Å²) in [6, 6.07) is 14.2. The summed E-state index contributed by atoms with van der Waals surface area (Å²) in [5.74, 6) is 0.558. The first kappa shape index (κ1) is 16.4. The third-order valence-electron chi connectivity index (χ3n) is 3.39.